The summed E-state index contributed by atoms with van der Waals surface area (Å²) in [5.74, 6) is 1.43. The number of para-hydroxylation sites is 2. The van der Waals surface area contributed by atoms with Crippen molar-refractivity contribution >= 4 is 28.6 Å². The second-order valence-electron chi connectivity index (χ2n) is 8.04. The number of benzene rings is 2. The first-order valence-corrected chi connectivity index (χ1v) is 10.8. The topological polar surface area (TPSA) is 75.9 Å². The summed E-state index contributed by atoms with van der Waals surface area (Å²) in [5, 5.41) is 0. The first-order chi connectivity index (χ1) is 15.1. The maximum atomic E-state index is 13.1. The summed E-state index contributed by atoms with van der Waals surface area (Å²) in [7, 11) is 0. The third-order valence-corrected chi connectivity index (χ3v) is 6.16. The molecule has 0 bridgehead atoms. The molecule has 7 nitrogen and oxygen atoms in total. The summed E-state index contributed by atoms with van der Waals surface area (Å²) >= 11 is 0. The molecule has 3 heterocycles. The predicted octanol–water partition coefficient (Wildman–Crippen LogP) is 3.74. The van der Waals surface area contributed by atoms with E-state index in [1.807, 2.05) is 31.2 Å². The number of ether oxygens (including phenoxy) is 1. The second-order valence-corrected chi connectivity index (χ2v) is 8.04. The number of piperidine rings is 1. The van der Waals surface area contributed by atoms with E-state index in [-0.39, 0.29) is 24.2 Å². The number of oxazole rings is 1. The summed E-state index contributed by atoms with van der Waals surface area (Å²) in [4.78, 5) is 33.8. The molecule has 2 amide bonds. The smallest absolute Gasteiger partial charge is 0.251 e. The lowest BCUT2D eigenvalue weighted by Crippen LogP contribution is -2.45. The Bertz CT molecular complexity index is 1070. The van der Waals surface area contributed by atoms with Crippen LogP contribution in [0.15, 0.2) is 52.9 Å². The van der Waals surface area contributed by atoms with Gasteiger partial charge in [-0.05, 0) is 69.3 Å². The van der Waals surface area contributed by atoms with Gasteiger partial charge in [0.2, 0.25) is 5.91 Å². The molecule has 7 heteroatoms. The van der Waals surface area contributed by atoms with Crippen LogP contribution in [-0.4, -0.2) is 47.4 Å². The van der Waals surface area contributed by atoms with Gasteiger partial charge in [0.25, 0.3) is 5.91 Å². The average Bonchev–Trinajstić information content (AvgIpc) is 3.35. The van der Waals surface area contributed by atoms with Gasteiger partial charge >= 0.3 is 0 Å². The van der Waals surface area contributed by atoms with E-state index in [0.717, 1.165) is 48.7 Å². The highest BCUT2D eigenvalue weighted by Crippen LogP contribution is 2.33. The molecule has 0 saturated carbocycles. The molecule has 1 atom stereocenters. The Balaban J connectivity index is 1.25. The lowest BCUT2D eigenvalue weighted by Gasteiger charge is -2.33. The van der Waals surface area contributed by atoms with Gasteiger partial charge < -0.3 is 9.15 Å². The number of rotatable bonds is 5. The molecule has 3 aromatic rings. The maximum absolute atomic E-state index is 13.1. The second kappa shape index (κ2) is 8.15. The number of hydrogen-bond acceptors (Lipinski definition) is 6. The minimum atomic E-state index is -0.399. The Labute approximate surface area is 180 Å². The summed E-state index contributed by atoms with van der Waals surface area (Å²) in [6.45, 7) is 3.97. The zero-order valence-electron chi connectivity index (χ0n) is 17.5. The van der Waals surface area contributed by atoms with Crippen molar-refractivity contribution in [3.8, 4) is 5.75 Å². The average molecular weight is 419 g/mol. The molecule has 2 fully saturated rings. The Hall–Kier alpha value is -3.19. The van der Waals surface area contributed by atoms with Crippen LogP contribution in [0.5, 0.6) is 5.75 Å². The van der Waals surface area contributed by atoms with E-state index in [2.05, 4.69) is 9.88 Å². The summed E-state index contributed by atoms with van der Waals surface area (Å²) in [6.07, 6.45) is 1.93. The summed E-state index contributed by atoms with van der Waals surface area (Å²) in [5.41, 5.74) is 2.28. The fourth-order valence-corrected chi connectivity index (χ4v) is 4.55. The number of amides is 2. The van der Waals surface area contributed by atoms with Crippen LogP contribution in [0.4, 0.5) is 5.69 Å². The molecule has 0 aliphatic carbocycles. The summed E-state index contributed by atoms with van der Waals surface area (Å²) in [6, 6.07) is 14.5. The number of carbonyl (C=O) groups excluding carboxylic acids is 2. The molecule has 2 aliphatic heterocycles. The van der Waals surface area contributed by atoms with Gasteiger partial charge in [0.15, 0.2) is 11.5 Å². The number of likely N-dealkylation sites (tertiary alicyclic amines) is 1. The largest absolute Gasteiger partial charge is 0.494 e. The Kier molecular flexibility index (Phi) is 5.19. The molecule has 1 aromatic heterocycles. The maximum Gasteiger partial charge on any atom is 0.251 e. The molecular formula is C24H25N3O4. The van der Waals surface area contributed by atoms with Crippen LogP contribution in [0.3, 0.4) is 0 Å². The number of aromatic nitrogens is 1. The monoisotopic (exact) mass is 419 g/mol. The highest BCUT2D eigenvalue weighted by Gasteiger charge is 2.43. The molecule has 2 aromatic carbocycles. The lowest BCUT2D eigenvalue weighted by atomic mass is 9.95. The number of nitrogens with zero attached hydrogens (tertiary/aromatic N) is 3. The minimum absolute atomic E-state index is 0.144. The van der Waals surface area contributed by atoms with Crippen molar-refractivity contribution in [3.05, 3.63) is 54.4 Å². The van der Waals surface area contributed by atoms with Gasteiger partial charge in [0, 0.05) is 5.92 Å². The van der Waals surface area contributed by atoms with Gasteiger partial charge in [-0.2, -0.15) is 0 Å². The van der Waals surface area contributed by atoms with Crippen LogP contribution < -0.4 is 9.64 Å². The van der Waals surface area contributed by atoms with Crippen molar-refractivity contribution in [2.24, 2.45) is 0 Å². The van der Waals surface area contributed by atoms with Crippen molar-refractivity contribution in [2.75, 3.05) is 24.6 Å². The molecule has 1 unspecified atom stereocenters. The van der Waals surface area contributed by atoms with E-state index in [4.69, 9.17) is 9.15 Å². The number of anilines is 1. The zero-order valence-corrected chi connectivity index (χ0v) is 17.5. The van der Waals surface area contributed by atoms with E-state index in [9.17, 15) is 9.59 Å². The van der Waals surface area contributed by atoms with Gasteiger partial charge in [-0.1, -0.05) is 12.1 Å². The Morgan fingerprint density at radius 1 is 1.06 bits per heavy atom. The number of carbonyl (C=O) groups is 2. The Morgan fingerprint density at radius 2 is 1.81 bits per heavy atom. The number of hydrogen-bond donors (Lipinski definition) is 0. The van der Waals surface area contributed by atoms with Gasteiger partial charge in [0.1, 0.15) is 11.3 Å². The SMILES string of the molecule is CCOc1ccc(N2C(=O)CC(N3CCC(c4nc5ccccc5o4)CC3)C2=O)cc1. The van der Waals surface area contributed by atoms with E-state index in [1.54, 1.807) is 24.3 Å². The molecular weight excluding hydrogens is 394 g/mol. The van der Waals surface area contributed by atoms with Crippen LogP contribution in [0, 0.1) is 0 Å². The highest BCUT2D eigenvalue weighted by molar-refractivity contribution is 6.22. The van der Waals surface area contributed by atoms with Crippen LogP contribution >= 0.6 is 0 Å². The fraction of sp³-hybridized carbons (Fsp3) is 0.375. The third-order valence-electron chi connectivity index (χ3n) is 6.16. The van der Waals surface area contributed by atoms with Gasteiger partial charge in [-0.25, -0.2) is 9.88 Å². The first-order valence-electron chi connectivity index (χ1n) is 10.8. The van der Waals surface area contributed by atoms with Gasteiger partial charge in [-0.3, -0.25) is 14.5 Å². The highest BCUT2D eigenvalue weighted by atomic mass is 16.5. The molecule has 0 radical (unpaired) electrons. The quantitative estimate of drug-likeness (QED) is 0.587. The van der Waals surface area contributed by atoms with Crippen molar-refractivity contribution in [1.29, 1.82) is 0 Å². The van der Waals surface area contributed by atoms with Crippen molar-refractivity contribution in [2.45, 2.75) is 38.1 Å². The minimum Gasteiger partial charge on any atom is -0.494 e. The van der Waals surface area contributed by atoms with Gasteiger partial charge in [-0.15, -0.1) is 0 Å². The molecule has 5 rings (SSSR count). The van der Waals surface area contributed by atoms with Crippen molar-refractivity contribution < 1.29 is 18.7 Å². The van der Waals surface area contributed by atoms with E-state index in [1.165, 1.54) is 4.90 Å². The summed E-state index contributed by atoms with van der Waals surface area (Å²) < 4.78 is 11.4. The fourth-order valence-electron chi connectivity index (χ4n) is 4.55. The van der Waals surface area contributed by atoms with E-state index >= 15 is 0 Å². The third kappa shape index (κ3) is 3.70. The van der Waals surface area contributed by atoms with Crippen LogP contribution in [0.25, 0.3) is 11.1 Å². The molecule has 0 spiro atoms. The van der Waals surface area contributed by atoms with Gasteiger partial charge in [0.05, 0.1) is 24.8 Å². The molecule has 160 valence electrons. The molecule has 2 aliphatic rings. The molecule has 0 N–H and O–H groups in total. The van der Waals surface area contributed by atoms with Crippen LogP contribution in [0.2, 0.25) is 0 Å². The molecule has 2 saturated heterocycles. The lowest BCUT2D eigenvalue weighted by molar-refractivity contribution is -0.123. The van der Waals surface area contributed by atoms with Crippen molar-refractivity contribution in [1.82, 2.24) is 9.88 Å². The number of imide groups is 1. The molecule has 31 heavy (non-hydrogen) atoms. The van der Waals surface area contributed by atoms with E-state index < -0.39 is 6.04 Å². The Morgan fingerprint density at radius 3 is 2.52 bits per heavy atom. The van der Waals surface area contributed by atoms with Crippen LogP contribution in [0.1, 0.15) is 38.0 Å². The first kappa shape index (κ1) is 19.8. The normalized spacial score (nSPS) is 20.7. The van der Waals surface area contributed by atoms with E-state index in [0.29, 0.717) is 12.3 Å². The standard InChI is InChI=1S/C24H25N3O4/c1-2-30-18-9-7-17(8-10-18)27-22(28)15-20(24(27)29)26-13-11-16(12-14-26)23-25-19-5-3-4-6-21(19)31-23/h3-10,16,20H,2,11-15H2,1H3. The van der Waals surface area contributed by atoms with Crippen LogP contribution in [-0.2, 0) is 9.59 Å². The zero-order chi connectivity index (χ0) is 21.4. The van der Waals surface area contributed by atoms with Crippen molar-refractivity contribution in [3.63, 3.8) is 0 Å². The predicted molar refractivity (Wildman–Crippen MR) is 116 cm³/mol. The number of fused-ring (bicyclic) bond motifs is 1.